The van der Waals surface area contributed by atoms with E-state index in [4.69, 9.17) is 0 Å². The van der Waals surface area contributed by atoms with Crippen molar-refractivity contribution in [1.82, 2.24) is 9.61 Å². The van der Waals surface area contributed by atoms with E-state index in [1.54, 1.807) is 0 Å². The van der Waals surface area contributed by atoms with Crippen molar-refractivity contribution in [3.8, 4) is 11.3 Å². The van der Waals surface area contributed by atoms with E-state index in [0.29, 0.717) is 5.71 Å². The number of hydrogen-bond acceptors (Lipinski definition) is 3. The summed E-state index contributed by atoms with van der Waals surface area (Å²) in [5.41, 5.74) is 4.33. The van der Waals surface area contributed by atoms with Crippen LogP contribution in [0.5, 0.6) is 0 Å². The van der Waals surface area contributed by atoms with E-state index in [-0.39, 0.29) is 5.92 Å². The Kier molecular flexibility index (Phi) is 3.44. The summed E-state index contributed by atoms with van der Waals surface area (Å²) in [6.07, 6.45) is 1.90. The number of rotatable bonds is 3. The minimum Gasteiger partial charge on any atom is -0.411 e. The Balaban J connectivity index is 2.34. The molecule has 3 rings (SSSR count). The molecule has 2 heterocycles. The first-order valence-electron chi connectivity index (χ1n) is 6.97. The third kappa shape index (κ3) is 2.29. The zero-order valence-corrected chi connectivity index (χ0v) is 12.1. The van der Waals surface area contributed by atoms with Gasteiger partial charge in [0.1, 0.15) is 5.69 Å². The van der Waals surface area contributed by atoms with Crippen LogP contribution in [0.25, 0.3) is 16.8 Å². The fourth-order valence-corrected chi connectivity index (χ4v) is 2.50. The lowest BCUT2D eigenvalue weighted by molar-refractivity contribution is 0.316. The van der Waals surface area contributed by atoms with E-state index < -0.39 is 0 Å². The number of nitrogens with zero attached hydrogens (tertiary/aromatic N) is 3. The maximum Gasteiger partial charge on any atom is 0.103 e. The molecule has 0 aliphatic carbocycles. The van der Waals surface area contributed by atoms with Gasteiger partial charge in [0.2, 0.25) is 0 Å². The smallest absolute Gasteiger partial charge is 0.103 e. The van der Waals surface area contributed by atoms with Crippen LogP contribution in [0.15, 0.2) is 59.9 Å². The molecule has 0 radical (unpaired) electrons. The second kappa shape index (κ2) is 5.40. The van der Waals surface area contributed by atoms with E-state index in [9.17, 15) is 5.21 Å². The Bertz CT molecular complexity index is 788. The lowest BCUT2D eigenvalue weighted by Gasteiger charge is -2.09. The Labute approximate surface area is 123 Å². The van der Waals surface area contributed by atoms with Gasteiger partial charge in [0.25, 0.3) is 0 Å². The van der Waals surface area contributed by atoms with Crippen LogP contribution < -0.4 is 0 Å². The standard InChI is InChI=1S/C17H17N3O/c1-12(2)16(19-21)15-14-10-6-7-11-20(14)18-17(15)13-8-4-3-5-9-13/h3-12,21H,1-2H3/b19-16-. The molecule has 0 spiro atoms. The molecule has 0 aliphatic rings. The molecule has 3 aromatic rings. The van der Waals surface area contributed by atoms with Gasteiger partial charge in [-0.3, -0.25) is 0 Å². The number of pyridine rings is 1. The average Bonchev–Trinajstić information content (AvgIpc) is 2.88. The number of hydrogen-bond donors (Lipinski definition) is 1. The molecule has 106 valence electrons. The van der Waals surface area contributed by atoms with E-state index in [0.717, 1.165) is 22.3 Å². The molecule has 0 unspecified atom stereocenters. The molecule has 0 saturated carbocycles. The van der Waals surface area contributed by atoms with Crippen molar-refractivity contribution in [3.05, 3.63) is 60.3 Å². The Morgan fingerprint density at radius 1 is 1.10 bits per heavy atom. The fourth-order valence-electron chi connectivity index (χ4n) is 2.50. The first-order valence-corrected chi connectivity index (χ1v) is 6.97. The molecule has 2 aromatic heterocycles. The molecule has 0 fully saturated rings. The maximum absolute atomic E-state index is 9.45. The Hall–Kier alpha value is -2.62. The van der Waals surface area contributed by atoms with E-state index in [1.807, 2.05) is 73.1 Å². The van der Waals surface area contributed by atoms with Crippen molar-refractivity contribution in [2.45, 2.75) is 13.8 Å². The number of benzene rings is 1. The third-order valence-corrected chi connectivity index (χ3v) is 3.50. The van der Waals surface area contributed by atoms with Gasteiger partial charge < -0.3 is 5.21 Å². The van der Waals surface area contributed by atoms with Crippen molar-refractivity contribution in [3.63, 3.8) is 0 Å². The van der Waals surface area contributed by atoms with E-state index in [1.165, 1.54) is 0 Å². The zero-order chi connectivity index (χ0) is 14.8. The lowest BCUT2D eigenvalue weighted by atomic mass is 9.96. The third-order valence-electron chi connectivity index (χ3n) is 3.50. The van der Waals surface area contributed by atoms with Gasteiger partial charge >= 0.3 is 0 Å². The average molecular weight is 279 g/mol. The first kappa shape index (κ1) is 13.4. The van der Waals surface area contributed by atoms with Crippen molar-refractivity contribution < 1.29 is 5.21 Å². The van der Waals surface area contributed by atoms with Crippen LogP contribution in [0.3, 0.4) is 0 Å². The lowest BCUT2D eigenvalue weighted by Crippen LogP contribution is -2.10. The summed E-state index contributed by atoms with van der Waals surface area (Å²) in [5.74, 6) is 0.102. The molecule has 1 aromatic carbocycles. The van der Waals surface area contributed by atoms with Gasteiger partial charge in [-0.15, -0.1) is 0 Å². The molecule has 0 amide bonds. The van der Waals surface area contributed by atoms with Gasteiger partial charge in [-0.1, -0.05) is 55.4 Å². The SMILES string of the molecule is CC(C)/C(=N/O)c1c(-c2ccccc2)nn2ccccc12. The van der Waals surface area contributed by atoms with Crippen LogP contribution in [-0.2, 0) is 0 Å². The number of oxime groups is 1. The van der Waals surface area contributed by atoms with Gasteiger partial charge in [0.15, 0.2) is 0 Å². The van der Waals surface area contributed by atoms with Gasteiger partial charge in [0.05, 0.1) is 16.8 Å². The monoisotopic (exact) mass is 279 g/mol. The second-order valence-electron chi connectivity index (χ2n) is 5.26. The first-order chi connectivity index (χ1) is 10.2. The minimum absolute atomic E-state index is 0.102. The summed E-state index contributed by atoms with van der Waals surface area (Å²) in [4.78, 5) is 0. The van der Waals surface area contributed by atoms with E-state index in [2.05, 4.69) is 10.3 Å². The largest absolute Gasteiger partial charge is 0.411 e. The highest BCUT2D eigenvalue weighted by Gasteiger charge is 2.21. The fraction of sp³-hybridized carbons (Fsp3) is 0.176. The van der Waals surface area contributed by atoms with Crippen LogP contribution in [-0.4, -0.2) is 20.5 Å². The normalized spacial score (nSPS) is 12.2. The summed E-state index contributed by atoms with van der Waals surface area (Å²) in [6.45, 7) is 4.02. The molecule has 0 bridgehead atoms. The van der Waals surface area contributed by atoms with Gasteiger partial charge in [0, 0.05) is 11.8 Å². The van der Waals surface area contributed by atoms with Crippen molar-refractivity contribution in [2.75, 3.05) is 0 Å². The highest BCUT2D eigenvalue weighted by Crippen LogP contribution is 2.28. The van der Waals surface area contributed by atoms with Crippen LogP contribution in [0, 0.1) is 5.92 Å². The maximum atomic E-state index is 9.45. The number of fused-ring (bicyclic) bond motifs is 1. The molecule has 0 aliphatic heterocycles. The van der Waals surface area contributed by atoms with Crippen molar-refractivity contribution >= 4 is 11.2 Å². The summed E-state index contributed by atoms with van der Waals surface area (Å²) in [6, 6.07) is 15.9. The van der Waals surface area contributed by atoms with E-state index >= 15 is 0 Å². The van der Waals surface area contributed by atoms with Crippen LogP contribution in [0.1, 0.15) is 19.4 Å². The zero-order valence-electron chi connectivity index (χ0n) is 12.1. The summed E-state index contributed by atoms with van der Waals surface area (Å²) >= 11 is 0. The molecule has 1 N–H and O–H groups in total. The molecular formula is C17H17N3O. The highest BCUT2D eigenvalue weighted by molar-refractivity contribution is 6.11. The predicted molar refractivity (Wildman–Crippen MR) is 83.8 cm³/mol. The number of aromatic nitrogens is 2. The van der Waals surface area contributed by atoms with Gasteiger partial charge in [-0.2, -0.15) is 5.10 Å². The minimum atomic E-state index is 0.102. The Morgan fingerprint density at radius 3 is 2.48 bits per heavy atom. The van der Waals surface area contributed by atoms with Crippen molar-refractivity contribution in [1.29, 1.82) is 0 Å². The highest BCUT2D eigenvalue weighted by atomic mass is 16.4. The molecule has 4 nitrogen and oxygen atoms in total. The molecule has 0 atom stereocenters. The second-order valence-corrected chi connectivity index (χ2v) is 5.26. The van der Waals surface area contributed by atoms with Crippen LogP contribution >= 0.6 is 0 Å². The Morgan fingerprint density at radius 2 is 1.81 bits per heavy atom. The molecular weight excluding hydrogens is 262 g/mol. The molecule has 21 heavy (non-hydrogen) atoms. The van der Waals surface area contributed by atoms with Crippen LogP contribution in [0.4, 0.5) is 0 Å². The van der Waals surface area contributed by atoms with Crippen molar-refractivity contribution in [2.24, 2.45) is 11.1 Å². The summed E-state index contributed by atoms with van der Waals surface area (Å²) in [5, 5.41) is 17.6. The van der Waals surface area contributed by atoms with Gasteiger partial charge in [-0.05, 0) is 18.1 Å². The van der Waals surface area contributed by atoms with Crippen LogP contribution in [0.2, 0.25) is 0 Å². The molecule has 4 heteroatoms. The topological polar surface area (TPSA) is 49.9 Å². The summed E-state index contributed by atoms with van der Waals surface area (Å²) < 4.78 is 1.82. The molecule has 0 saturated heterocycles. The summed E-state index contributed by atoms with van der Waals surface area (Å²) in [7, 11) is 0. The predicted octanol–water partition coefficient (Wildman–Crippen LogP) is 3.84. The van der Waals surface area contributed by atoms with Gasteiger partial charge in [-0.25, -0.2) is 4.52 Å². The quantitative estimate of drug-likeness (QED) is 0.450.